The minimum atomic E-state index is -3.76. The summed E-state index contributed by atoms with van der Waals surface area (Å²) >= 11 is 0. The molecule has 0 aliphatic heterocycles. The van der Waals surface area contributed by atoms with Gasteiger partial charge in [-0.25, -0.2) is 0 Å². The number of aliphatic hydroxyl groups excluding tert-OH is 1. The maximum Gasteiger partial charge on any atom is 0.296 e. The maximum atomic E-state index is 12.5. The standard InChI is InChI=1S/C18H26O4S/c1-13-5-7-14(8-6-13)23(20,21)22-12-18-10-9-17(4,15(19)11-18)16(18,2)3/h5-8,15,19H,9-12H2,1-4H3/t15-,17+,18-/m1/s1. The van der Waals surface area contributed by atoms with Crippen LogP contribution in [0.3, 0.4) is 0 Å². The molecule has 23 heavy (non-hydrogen) atoms. The van der Waals surface area contributed by atoms with Crippen molar-refractivity contribution in [2.75, 3.05) is 6.61 Å². The summed E-state index contributed by atoms with van der Waals surface area (Å²) in [6, 6.07) is 6.69. The van der Waals surface area contributed by atoms with Gasteiger partial charge in [-0.15, -0.1) is 0 Å². The fourth-order valence-corrected chi connectivity index (χ4v) is 5.53. The Morgan fingerprint density at radius 3 is 2.26 bits per heavy atom. The number of fused-ring (bicyclic) bond motifs is 2. The maximum absolute atomic E-state index is 12.5. The monoisotopic (exact) mass is 338 g/mol. The van der Waals surface area contributed by atoms with Crippen LogP contribution in [0.25, 0.3) is 0 Å². The van der Waals surface area contributed by atoms with E-state index in [9.17, 15) is 13.5 Å². The lowest BCUT2D eigenvalue weighted by Crippen LogP contribution is -2.39. The van der Waals surface area contributed by atoms with E-state index >= 15 is 0 Å². The van der Waals surface area contributed by atoms with Gasteiger partial charge in [-0.3, -0.25) is 4.18 Å². The van der Waals surface area contributed by atoms with Crippen LogP contribution in [0, 0.1) is 23.2 Å². The Kier molecular flexibility index (Phi) is 3.71. The molecular formula is C18H26O4S. The smallest absolute Gasteiger partial charge is 0.296 e. The molecule has 2 fully saturated rings. The largest absolute Gasteiger partial charge is 0.393 e. The van der Waals surface area contributed by atoms with Crippen molar-refractivity contribution in [1.29, 1.82) is 0 Å². The summed E-state index contributed by atoms with van der Waals surface area (Å²) in [6.45, 7) is 8.44. The summed E-state index contributed by atoms with van der Waals surface area (Å²) in [7, 11) is -3.76. The van der Waals surface area contributed by atoms with E-state index in [1.54, 1.807) is 24.3 Å². The molecule has 3 atom stereocenters. The first-order chi connectivity index (χ1) is 10.5. The number of aliphatic hydroxyl groups is 1. The van der Waals surface area contributed by atoms with Gasteiger partial charge in [-0.2, -0.15) is 8.42 Å². The fraction of sp³-hybridized carbons (Fsp3) is 0.667. The average molecular weight is 338 g/mol. The highest BCUT2D eigenvalue weighted by molar-refractivity contribution is 7.86. The van der Waals surface area contributed by atoms with Crippen LogP contribution in [0.1, 0.15) is 45.6 Å². The van der Waals surface area contributed by atoms with Crippen LogP contribution in [0.15, 0.2) is 29.2 Å². The molecule has 3 rings (SSSR count). The van der Waals surface area contributed by atoms with Crippen molar-refractivity contribution in [2.24, 2.45) is 16.2 Å². The molecule has 1 aromatic carbocycles. The Balaban J connectivity index is 1.82. The first-order valence-electron chi connectivity index (χ1n) is 8.18. The molecule has 2 aliphatic rings. The van der Waals surface area contributed by atoms with Crippen molar-refractivity contribution >= 4 is 10.1 Å². The van der Waals surface area contributed by atoms with Crippen LogP contribution in [0.2, 0.25) is 0 Å². The highest BCUT2D eigenvalue weighted by Crippen LogP contribution is 2.72. The molecule has 1 N–H and O–H groups in total. The quantitative estimate of drug-likeness (QED) is 0.856. The van der Waals surface area contributed by atoms with E-state index in [1.165, 1.54) is 0 Å². The SMILES string of the molecule is Cc1ccc(S(=O)(=O)OC[C@@]23CC[C@@](C)([C@H](O)C2)C3(C)C)cc1. The predicted octanol–water partition coefficient (Wildman–Crippen LogP) is 3.28. The number of hydrogen-bond donors (Lipinski definition) is 1. The summed E-state index contributed by atoms with van der Waals surface area (Å²) < 4.78 is 30.4. The van der Waals surface area contributed by atoms with Gasteiger partial charge in [0.2, 0.25) is 0 Å². The topological polar surface area (TPSA) is 63.6 Å². The van der Waals surface area contributed by atoms with Crippen LogP contribution < -0.4 is 0 Å². The number of rotatable bonds is 4. The Hall–Kier alpha value is -0.910. The summed E-state index contributed by atoms with van der Waals surface area (Å²) in [6.07, 6.45) is 2.03. The molecule has 0 spiro atoms. The van der Waals surface area contributed by atoms with Crippen LogP contribution in [0.5, 0.6) is 0 Å². The van der Waals surface area contributed by atoms with Gasteiger partial charge >= 0.3 is 0 Å². The van der Waals surface area contributed by atoms with Crippen molar-refractivity contribution in [3.8, 4) is 0 Å². The van der Waals surface area contributed by atoms with Crippen LogP contribution in [-0.2, 0) is 14.3 Å². The van der Waals surface area contributed by atoms with Crippen molar-refractivity contribution in [3.63, 3.8) is 0 Å². The minimum Gasteiger partial charge on any atom is -0.393 e. The molecule has 4 nitrogen and oxygen atoms in total. The van der Waals surface area contributed by atoms with E-state index in [0.29, 0.717) is 6.42 Å². The molecule has 5 heteroatoms. The van der Waals surface area contributed by atoms with Crippen molar-refractivity contribution in [2.45, 2.75) is 58.0 Å². The van der Waals surface area contributed by atoms with E-state index in [2.05, 4.69) is 20.8 Å². The van der Waals surface area contributed by atoms with Gasteiger partial charge in [-0.05, 0) is 49.1 Å². The van der Waals surface area contributed by atoms with Gasteiger partial charge in [0.05, 0.1) is 17.6 Å². The Morgan fingerprint density at radius 2 is 1.78 bits per heavy atom. The molecule has 2 saturated carbocycles. The van der Waals surface area contributed by atoms with E-state index in [-0.39, 0.29) is 27.7 Å². The molecule has 0 heterocycles. The lowest BCUT2D eigenvalue weighted by Gasteiger charge is -2.40. The van der Waals surface area contributed by atoms with Crippen LogP contribution in [0.4, 0.5) is 0 Å². The van der Waals surface area contributed by atoms with Gasteiger partial charge in [0.15, 0.2) is 0 Å². The van der Waals surface area contributed by atoms with Crippen LogP contribution in [-0.4, -0.2) is 26.2 Å². The second kappa shape index (κ2) is 5.04. The molecule has 0 radical (unpaired) electrons. The van der Waals surface area contributed by atoms with Gasteiger partial charge in [0, 0.05) is 5.41 Å². The van der Waals surface area contributed by atoms with E-state index < -0.39 is 16.2 Å². The summed E-state index contributed by atoms with van der Waals surface area (Å²) in [5.41, 5.74) is 0.416. The van der Waals surface area contributed by atoms with Crippen LogP contribution >= 0.6 is 0 Å². The van der Waals surface area contributed by atoms with Gasteiger partial charge in [0.1, 0.15) is 0 Å². The summed E-state index contributed by atoms with van der Waals surface area (Å²) in [5, 5.41) is 10.5. The molecule has 0 saturated heterocycles. The average Bonchev–Trinajstić information content (AvgIpc) is 2.76. The van der Waals surface area contributed by atoms with Crippen molar-refractivity contribution in [1.82, 2.24) is 0 Å². The normalized spacial score (nSPS) is 35.6. The molecule has 128 valence electrons. The second-order valence-corrected chi connectivity index (χ2v) is 9.69. The van der Waals surface area contributed by atoms with Gasteiger partial charge in [-0.1, -0.05) is 38.5 Å². The zero-order chi connectivity index (χ0) is 17.1. The molecule has 0 unspecified atom stereocenters. The molecule has 0 amide bonds. The molecule has 1 aromatic rings. The van der Waals surface area contributed by atoms with E-state index in [4.69, 9.17) is 4.18 Å². The molecular weight excluding hydrogens is 312 g/mol. The number of benzene rings is 1. The zero-order valence-electron chi connectivity index (χ0n) is 14.3. The van der Waals surface area contributed by atoms with E-state index in [1.807, 2.05) is 6.92 Å². The Bertz CT molecular complexity index is 707. The second-order valence-electron chi connectivity index (χ2n) is 8.07. The highest BCUT2D eigenvalue weighted by Gasteiger charge is 2.69. The van der Waals surface area contributed by atoms with Gasteiger partial charge in [0.25, 0.3) is 10.1 Å². The third-order valence-electron chi connectivity index (χ3n) is 7.00. The van der Waals surface area contributed by atoms with Crippen molar-refractivity contribution < 1.29 is 17.7 Å². The summed E-state index contributed by atoms with van der Waals surface area (Å²) in [5.74, 6) is 0. The van der Waals surface area contributed by atoms with E-state index in [0.717, 1.165) is 18.4 Å². The third kappa shape index (κ3) is 2.28. The Labute approximate surface area is 139 Å². The molecule has 2 bridgehead atoms. The highest BCUT2D eigenvalue weighted by atomic mass is 32.2. The number of hydrogen-bond acceptors (Lipinski definition) is 4. The third-order valence-corrected chi connectivity index (χ3v) is 8.27. The first-order valence-corrected chi connectivity index (χ1v) is 9.59. The Morgan fingerprint density at radius 1 is 1.17 bits per heavy atom. The fourth-order valence-electron chi connectivity index (χ4n) is 4.54. The predicted molar refractivity (Wildman–Crippen MR) is 88.5 cm³/mol. The zero-order valence-corrected chi connectivity index (χ0v) is 15.1. The minimum absolute atomic E-state index is 0.142. The van der Waals surface area contributed by atoms with Gasteiger partial charge < -0.3 is 5.11 Å². The molecule has 0 aromatic heterocycles. The molecule has 2 aliphatic carbocycles. The first kappa shape index (κ1) is 16.9. The number of aryl methyl sites for hydroxylation is 1. The van der Waals surface area contributed by atoms with Crippen molar-refractivity contribution in [3.05, 3.63) is 29.8 Å². The summed E-state index contributed by atoms with van der Waals surface area (Å²) in [4.78, 5) is 0.191. The lowest BCUT2D eigenvalue weighted by atomic mass is 9.65. The lowest BCUT2D eigenvalue weighted by molar-refractivity contribution is 0.00884.